The third-order valence-corrected chi connectivity index (χ3v) is 4.21. The van der Waals surface area contributed by atoms with Gasteiger partial charge in [-0.15, -0.1) is 0 Å². The topological polar surface area (TPSA) is 54.1 Å². The molecule has 1 aliphatic heterocycles. The van der Waals surface area contributed by atoms with Crippen molar-refractivity contribution in [2.75, 3.05) is 19.8 Å². The van der Waals surface area contributed by atoms with Gasteiger partial charge in [-0.3, -0.25) is 4.79 Å². The number of nitrogens with one attached hydrogen (secondary N) is 2. The third kappa shape index (κ3) is 3.64. The largest absolute Gasteiger partial charge is 0.381 e. The molecule has 0 bridgehead atoms. The number of carbonyl (C=O) groups excluding carboxylic acids is 1. The van der Waals surface area contributed by atoms with Gasteiger partial charge in [-0.25, -0.2) is 0 Å². The van der Waals surface area contributed by atoms with E-state index in [4.69, 9.17) is 4.74 Å². The first-order valence-electron chi connectivity index (χ1n) is 7.72. The van der Waals surface area contributed by atoms with Crippen LogP contribution in [0.15, 0.2) is 30.5 Å². The Kier molecular flexibility index (Phi) is 4.55. The molecule has 1 amide bonds. The average Bonchev–Trinajstić information content (AvgIpc) is 2.92. The van der Waals surface area contributed by atoms with Crippen LogP contribution in [-0.4, -0.2) is 30.6 Å². The predicted octanol–water partition coefficient (Wildman–Crippen LogP) is 2.64. The van der Waals surface area contributed by atoms with Crippen molar-refractivity contribution < 1.29 is 9.53 Å². The molecule has 1 aromatic carbocycles. The third-order valence-electron chi connectivity index (χ3n) is 4.21. The van der Waals surface area contributed by atoms with E-state index in [1.165, 1.54) is 10.9 Å². The first kappa shape index (κ1) is 14.1. The summed E-state index contributed by atoms with van der Waals surface area (Å²) in [6.07, 6.45) is 5.56. The fraction of sp³-hybridized carbons (Fsp3) is 0.471. The molecule has 1 saturated heterocycles. The number of amides is 1. The molecule has 1 aliphatic rings. The van der Waals surface area contributed by atoms with Crippen molar-refractivity contribution in [3.8, 4) is 0 Å². The summed E-state index contributed by atoms with van der Waals surface area (Å²) in [7, 11) is 0. The van der Waals surface area contributed by atoms with E-state index < -0.39 is 0 Å². The number of rotatable bonds is 5. The Morgan fingerprint density at radius 2 is 2.10 bits per heavy atom. The summed E-state index contributed by atoms with van der Waals surface area (Å²) in [5.41, 5.74) is 2.41. The Morgan fingerprint density at radius 1 is 1.29 bits per heavy atom. The van der Waals surface area contributed by atoms with Crippen LogP contribution in [0.4, 0.5) is 0 Å². The number of carbonyl (C=O) groups is 1. The van der Waals surface area contributed by atoms with Gasteiger partial charge >= 0.3 is 0 Å². The van der Waals surface area contributed by atoms with Gasteiger partial charge in [0.15, 0.2) is 0 Å². The Hall–Kier alpha value is -1.81. The Balaban J connectivity index is 1.46. The number of fused-ring (bicyclic) bond motifs is 1. The molecule has 0 aliphatic carbocycles. The molecule has 0 unspecified atom stereocenters. The SMILES string of the molecule is O=C(CC1CCOCC1)NCCc1c[nH]c2ccccc12. The summed E-state index contributed by atoms with van der Waals surface area (Å²) >= 11 is 0. The van der Waals surface area contributed by atoms with Crippen LogP contribution in [0.1, 0.15) is 24.8 Å². The van der Waals surface area contributed by atoms with E-state index >= 15 is 0 Å². The van der Waals surface area contributed by atoms with E-state index in [0.717, 1.165) is 38.0 Å². The summed E-state index contributed by atoms with van der Waals surface area (Å²) in [4.78, 5) is 15.2. The Morgan fingerprint density at radius 3 is 2.95 bits per heavy atom. The smallest absolute Gasteiger partial charge is 0.220 e. The second-order valence-electron chi connectivity index (χ2n) is 5.72. The van der Waals surface area contributed by atoms with Gasteiger partial charge in [-0.1, -0.05) is 18.2 Å². The molecule has 0 radical (unpaired) electrons. The number of H-pyrrole nitrogens is 1. The zero-order valence-corrected chi connectivity index (χ0v) is 12.2. The van der Waals surface area contributed by atoms with Gasteiger partial charge in [-0.05, 0) is 36.8 Å². The van der Waals surface area contributed by atoms with Gasteiger partial charge in [0.1, 0.15) is 0 Å². The van der Waals surface area contributed by atoms with Crippen LogP contribution in [0.3, 0.4) is 0 Å². The maximum atomic E-state index is 11.9. The molecule has 112 valence electrons. The number of aromatic nitrogens is 1. The highest BCUT2D eigenvalue weighted by Crippen LogP contribution is 2.19. The lowest BCUT2D eigenvalue weighted by atomic mass is 9.96. The minimum absolute atomic E-state index is 0.168. The van der Waals surface area contributed by atoms with E-state index in [1.54, 1.807) is 0 Å². The molecule has 0 spiro atoms. The molecule has 2 heterocycles. The maximum Gasteiger partial charge on any atom is 0.220 e. The average molecular weight is 286 g/mol. The lowest BCUT2D eigenvalue weighted by molar-refractivity contribution is -0.122. The van der Waals surface area contributed by atoms with E-state index in [1.807, 2.05) is 18.3 Å². The van der Waals surface area contributed by atoms with Gasteiger partial charge in [0.05, 0.1) is 0 Å². The molecule has 4 heteroatoms. The van der Waals surface area contributed by atoms with Crippen LogP contribution in [0.5, 0.6) is 0 Å². The summed E-state index contributed by atoms with van der Waals surface area (Å²) < 4.78 is 5.32. The molecule has 21 heavy (non-hydrogen) atoms. The van der Waals surface area contributed by atoms with Crippen LogP contribution in [0, 0.1) is 5.92 Å². The van der Waals surface area contributed by atoms with Crippen molar-refractivity contribution in [1.82, 2.24) is 10.3 Å². The van der Waals surface area contributed by atoms with Crippen LogP contribution < -0.4 is 5.32 Å². The van der Waals surface area contributed by atoms with Gasteiger partial charge in [0, 0.05) is 43.3 Å². The molecular formula is C17H22N2O2. The zero-order chi connectivity index (χ0) is 14.5. The summed E-state index contributed by atoms with van der Waals surface area (Å²) in [5, 5.41) is 4.29. The Bertz CT molecular complexity index is 600. The van der Waals surface area contributed by atoms with Crippen molar-refractivity contribution >= 4 is 16.8 Å². The van der Waals surface area contributed by atoms with Gasteiger partial charge in [0.25, 0.3) is 0 Å². The number of hydrogen-bond acceptors (Lipinski definition) is 2. The normalized spacial score (nSPS) is 16.2. The van der Waals surface area contributed by atoms with Crippen molar-refractivity contribution in [3.63, 3.8) is 0 Å². The molecule has 2 aromatic rings. The van der Waals surface area contributed by atoms with Crippen molar-refractivity contribution in [2.24, 2.45) is 5.92 Å². The summed E-state index contributed by atoms with van der Waals surface area (Å²) in [5.74, 6) is 0.661. The summed E-state index contributed by atoms with van der Waals surface area (Å²) in [6, 6.07) is 8.26. The molecule has 1 aromatic heterocycles. The van der Waals surface area contributed by atoms with Crippen molar-refractivity contribution in [1.29, 1.82) is 0 Å². The van der Waals surface area contributed by atoms with Crippen LogP contribution >= 0.6 is 0 Å². The highest BCUT2D eigenvalue weighted by molar-refractivity contribution is 5.83. The van der Waals surface area contributed by atoms with Gasteiger partial charge in [-0.2, -0.15) is 0 Å². The molecule has 4 nitrogen and oxygen atoms in total. The predicted molar refractivity (Wildman–Crippen MR) is 83.2 cm³/mol. The first-order chi connectivity index (χ1) is 10.3. The molecule has 0 atom stereocenters. The van der Waals surface area contributed by atoms with Crippen LogP contribution in [-0.2, 0) is 16.0 Å². The first-order valence-corrected chi connectivity index (χ1v) is 7.72. The van der Waals surface area contributed by atoms with E-state index in [-0.39, 0.29) is 5.91 Å². The number of ether oxygens (including phenoxy) is 1. The maximum absolute atomic E-state index is 11.9. The highest BCUT2D eigenvalue weighted by atomic mass is 16.5. The van der Waals surface area contributed by atoms with E-state index in [2.05, 4.69) is 22.4 Å². The van der Waals surface area contributed by atoms with E-state index in [9.17, 15) is 4.79 Å². The summed E-state index contributed by atoms with van der Waals surface area (Å²) in [6.45, 7) is 2.30. The second-order valence-corrected chi connectivity index (χ2v) is 5.72. The fourth-order valence-electron chi connectivity index (χ4n) is 2.96. The quantitative estimate of drug-likeness (QED) is 0.888. The minimum atomic E-state index is 0.168. The second kappa shape index (κ2) is 6.76. The molecular weight excluding hydrogens is 264 g/mol. The lowest BCUT2D eigenvalue weighted by Crippen LogP contribution is -2.29. The highest BCUT2D eigenvalue weighted by Gasteiger charge is 2.17. The number of benzene rings is 1. The monoisotopic (exact) mass is 286 g/mol. The molecule has 1 fully saturated rings. The lowest BCUT2D eigenvalue weighted by Gasteiger charge is -2.21. The van der Waals surface area contributed by atoms with Crippen LogP contribution in [0.25, 0.3) is 10.9 Å². The number of hydrogen-bond donors (Lipinski definition) is 2. The zero-order valence-electron chi connectivity index (χ0n) is 12.2. The molecule has 2 N–H and O–H groups in total. The molecule has 3 rings (SSSR count). The van der Waals surface area contributed by atoms with Crippen LogP contribution in [0.2, 0.25) is 0 Å². The minimum Gasteiger partial charge on any atom is -0.381 e. The number of aromatic amines is 1. The standard InChI is InChI=1S/C17H22N2O2/c20-17(11-13-6-9-21-10-7-13)18-8-5-14-12-19-16-4-2-1-3-15(14)16/h1-4,12-13,19H,5-11H2,(H,18,20). The fourth-order valence-corrected chi connectivity index (χ4v) is 2.96. The van der Waals surface area contributed by atoms with E-state index in [0.29, 0.717) is 18.9 Å². The number of para-hydroxylation sites is 1. The van der Waals surface area contributed by atoms with Gasteiger partial charge < -0.3 is 15.0 Å². The van der Waals surface area contributed by atoms with Gasteiger partial charge in [0.2, 0.25) is 5.91 Å². The molecule has 0 saturated carbocycles. The Labute approximate surface area is 124 Å². The van der Waals surface area contributed by atoms with Crippen molar-refractivity contribution in [3.05, 3.63) is 36.0 Å². The van der Waals surface area contributed by atoms with Crippen molar-refractivity contribution in [2.45, 2.75) is 25.7 Å².